The van der Waals surface area contributed by atoms with Crippen molar-refractivity contribution in [3.8, 4) is 5.75 Å². The van der Waals surface area contributed by atoms with Crippen LogP contribution in [0.15, 0.2) is 77.9 Å². The molecule has 7 heteroatoms. The molecule has 0 radical (unpaired) electrons. The number of carbonyl (C=O) groups is 2. The van der Waals surface area contributed by atoms with E-state index in [2.05, 4.69) is 15.8 Å². The summed E-state index contributed by atoms with van der Waals surface area (Å²) in [5.74, 6) is -0.956. The molecule has 3 rings (SSSR count). The van der Waals surface area contributed by atoms with Crippen LogP contribution in [-0.2, 0) is 16.2 Å². The van der Waals surface area contributed by atoms with Crippen molar-refractivity contribution in [1.82, 2.24) is 5.43 Å². The lowest BCUT2D eigenvalue weighted by atomic mass is 10.2. The number of rotatable bonds is 6. The van der Waals surface area contributed by atoms with Crippen LogP contribution in [0, 0.1) is 6.92 Å². The highest BCUT2D eigenvalue weighted by atomic mass is 35.5. The van der Waals surface area contributed by atoms with E-state index in [4.69, 9.17) is 16.3 Å². The average Bonchev–Trinajstić information content (AvgIpc) is 2.75. The largest absolute Gasteiger partial charge is 0.489 e. The fourth-order valence-corrected chi connectivity index (χ4v) is 2.70. The van der Waals surface area contributed by atoms with E-state index < -0.39 is 11.8 Å². The number of hydrogen-bond acceptors (Lipinski definition) is 4. The molecule has 0 heterocycles. The topological polar surface area (TPSA) is 79.8 Å². The van der Waals surface area contributed by atoms with Crippen molar-refractivity contribution in [2.45, 2.75) is 13.5 Å². The SMILES string of the molecule is Cc1ccc(NC(=O)C(=O)NN=Cc2ccc(OCc3cccc(Cl)c3)cc2)cc1. The molecular formula is C23H20ClN3O3. The number of halogens is 1. The van der Waals surface area contributed by atoms with Gasteiger partial charge in [-0.05, 0) is 66.6 Å². The zero-order valence-electron chi connectivity index (χ0n) is 16.3. The second-order valence-corrected chi connectivity index (χ2v) is 6.94. The van der Waals surface area contributed by atoms with Crippen molar-refractivity contribution < 1.29 is 14.3 Å². The van der Waals surface area contributed by atoms with Gasteiger partial charge in [0.05, 0.1) is 6.21 Å². The van der Waals surface area contributed by atoms with Crippen LogP contribution in [0.3, 0.4) is 0 Å². The Labute approximate surface area is 179 Å². The molecule has 0 saturated carbocycles. The monoisotopic (exact) mass is 421 g/mol. The Bertz CT molecular complexity index is 1050. The predicted molar refractivity (Wildman–Crippen MR) is 118 cm³/mol. The van der Waals surface area contributed by atoms with Crippen molar-refractivity contribution in [1.29, 1.82) is 0 Å². The smallest absolute Gasteiger partial charge is 0.329 e. The molecule has 152 valence electrons. The Hall–Kier alpha value is -3.64. The summed E-state index contributed by atoms with van der Waals surface area (Å²) in [4.78, 5) is 23.7. The van der Waals surface area contributed by atoms with Gasteiger partial charge < -0.3 is 10.1 Å². The highest BCUT2D eigenvalue weighted by Crippen LogP contribution is 2.16. The van der Waals surface area contributed by atoms with Crippen LogP contribution in [0.25, 0.3) is 0 Å². The van der Waals surface area contributed by atoms with Gasteiger partial charge in [0.15, 0.2) is 0 Å². The molecular weight excluding hydrogens is 402 g/mol. The molecule has 0 saturated heterocycles. The number of nitrogens with one attached hydrogen (secondary N) is 2. The normalized spacial score (nSPS) is 10.6. The van der Waals surface area contributed by atoms with E-state index in [1.807, 2.05) is 43.3 Å². The standard InChI is InChI=1S/C23H20ClN3O3/c1-16-5-9-20(10-6-16)26-22(28)23(29)27-25-14-17-7-11-21(12-8-17)30-15-18-3-2-4-19(24)13-18/h2-14H,15H2,1H3,(H,26,28)(H,27,29). The van der Waals surface area contributed by atoms with Crippen LogP contribution in [-0.4, -0.2) is 18.0 Å². The summed E-state index contributed by atoms with van der Waals surface area (Å²) in [5, 5.41) is 6.98. The molecule has 0 aliphatic heterocycles. The molecule has 3 aromatic carbocycles. The maximum atomic E-state index is 11.9. The van der Waals surface area contributed by atoms with Crippen molar-refractivity contribution in [3.05, 3.63) is 94.5 Å². The third-order valence-corrected chi connectivity index (χ3v) is 4.31. The number of ether oxygens (including phenoxy) is 1. The fourth-order valence-electron chi connectivity index (χ4n) is 2.48. The lowest BCUT2D eigenvalue weighted by Gasteiger charge is -2.07. The maximum Gasteiger partial charge on any atom is 0.329 e. The molecule has 30 heavy (non-hydrogen) atoms. The maximum absolute atomic E-state index is 11.9. The van der Waals surface area contributed by atoms with Crippen LogP contribution < -0.4 is 15.5 Å². The molecule has 2 amide bonds. The van der Waals surface area contributed by atoms with Gasteiger partial charge >= 0.3 is 11.8 Å². The Morgan fingerprint density at radius 1 is 1.00 bits per heavy atom. The van der Waals surface area contributed by atoms with Gasteiger partial charge in [0, 0.05) is 10.7 Å². The van der Waals surface area contributed by atoms with E-state index in [0.717, 1.165) is 16.7 Å². The van der Waals surface area contributed by atoms with Gasteiger partial charge in [0.2, 0.25) is 0 Å². The molecule has 0 aliphatic carbocycles. The fraction of sp³-hybridized carbons (Fsp3) is 0.0870. The van der Waals surface area contributed by atoms with Gasteiger partial charge in [-0.3, -0.25) is 9.59 Å². The summed E-state index contributed by atoms with van der Waals surface area (Å²) in [6.07, 6.45) is 1.44. The first-order valence-electron chi connectivity index (χ1n) is 9.18. The molecule has 0 unspecified atom stereocenters. The summed E-state index contributed by atoms with van der Waals surface area (Å²) in [6, 6.07) is 21.7. The van der Waals surface area contributed by atoms with Crippen LogP contribution in [0.4, 0.5) is 5.69 Å². The Morgan fingerprint density at radius 3 is 2.43 bits per heavy atom. The van der Waals surface area contributed by atoms with Gasteiger partial charge in [-0.1, -0.05) is 41.4 Å². The van der Waals surface area contributed by atoms with E-state index in [-0.39, 0.29) is 0 Å². The Kier molecular flexibility index (Phi) is 7.19. The predicted octanol–water partition coefficient (Wildman–Crippen LogP) is 4.32. The van der Waals surface area contributed by atoms with Crippen LogP contribution in [0.2, 0.25) is 5.02 Å². The molecule has 0 fully saturated rings. The highest BCUT2D eigenvalue weighted by molar-refractivity contribution is 6.39. The minimum Gasteiger partial charge on any atom is -0.489 e. The van der Waals surface area contributed by atoms with Crippen molar-refractivity contribution in [2.75, 3.05) is 5.32 Å². The summed E-state index contributed by atoms with van der Waals surface area (Å²) in [6.45, 7) is 2.34. The van der Waals surface area contributed by atoms with Crippen LogP contribution >= 0.6 is 11.6 Å². The van der Waals surface area contributed by atoms with Crippen molar-refractivity contribution >= 4 is 35.3 Å². The lowest BCUT2D eigenvalue weighted by molar-refractivity contribution is -0.136. The number of benzene rings is 3. The van der Waals surface area contributed by atoms with E-state index in [1.54, 1.807) is 36.4 Å². The van der Waals surface area contributed by atoms with Crippen LogP contribution in [0.5, 0.6) is 5.75 Å². The minimum absolute atomic E-state index is 0.403. The quantitative estimate of drug-likeness (QED) is 0.353. The molecule has 2 N–H and O–H groups in total. The number of amides is 2. The zero-order chi connectivity index (χ0) is 21.3. The van der Waals surface area contributed by atoms with Gasteiger partial charge in [-0.15, -0.1) is 0 Å². The zero-order valence-corrected chi connectivity index (χ0v) is 17.0. The third-order valence-electron chi connectivity index (χ3n) is 4.07. The number of carbonyl (C=O) groups excluding carboxylic acids is 2. The summed E-state index contributed by atoms with van der Waals surface area (Å²) in [7, 11) is 0. The Morgan fingerprint density at radius 2 is 1.73 bits per heavy atom. The number of nitrogens with zero attached hydrogens (tertiary/aromatic N) is 1. The third kappa shape index (κ3) is 6.46. The van der Waals surface area contributed by atoms with E-state index in [0.29, 0.717) is 23.1 Å². The molecule has 3 aromatic rings. The second kappa shape index (κ2) is 10.2. The van der Waals surface area contributed by atoms with Gasteiger partial charge in [-0.25, -0.2) is 5.43 Å². The molecule has 0 bridgehead atoms. The molecule has 0 aromatic heterocycles. The van der Waals surface area contributed by atoms with Crippen molar-refractivity contribution in [3.63, 3.8) is 0 Å². The van der Waals surface area contributed by atoms with E-state index in [1.165, 1.54) is 6.21 Å². The number of aryl methyl sites for hydroxylation is 1. The molecule has 0 spiro atoms. The lowest BCUT2D eigenvalue weighted by Crippen LogP contribution is -2.32. The van der Waals surface area contributed by atoms with Gasteiger partial charge in [0.25, 0.3) is 0 Å². The van der Waals surface area contributed by atoms with Crippen LogP contribution in [0.1, 0.15) is 16.7 Å². The average molecular weight is 422 g/mol. The number of anilines is 1. The van der Waals surface area contributed by atoms with Gasteiger partial charge in [-0.2, -0.15) is 5.10 Å². The minimum atomic E-state index is -0.853. The summed E-state index contributed by atoms with van der Waals surface area (Å²) in [5.41, 5.74) is 5.51. The first-order chi connectivity index (χ1) is 14.5. The van der Waals surface area contributed by atoms with Crippen molar-refractivity contribution in [2.24, 2.45) is 5.10 Å². The molecule has 0 atom stereocenters. The number of hydrazone groups is 1. The molecule has 0 aliphatic rings. The second-order valence-electron chi connectivity index (χ2n) is 6.51. The first kappa shape index (κ1) is 21.1. The van der Waals surface area contributed by atoms with Gasteiger partial charge in [0.1, 0.15) is 12.4 Å². The number of hydrogen-bond donors (Lipinski definition) is 2. The molecule has 6 nitrogen and oxygen atoms in total. The summed E-state index contributed by atoms with van der Waals surface area (Å²) < 4.78 is 5.71. The highest BCUT2D eigenvalue weighted by Gasteiger charge is 2.12. The van der Waals surface area contributed by atoms with E-state index in [9.17, 15) is 9.59 Å². The first-order valence-corrected chi connectivity index (χ1v) is 9.56. The Balaban J connectivity index is 1.46. The van der Waals surface area contributed by atoms with E-state index >= 15 is 0 Å². The summed E-state index contributed by atoms with van der Waals surface area (Å²) >= 11 is 5.96.